The lowest BCUT2D eigenvalue weighted by Crippen LogP contribution is -1.89. The quantitative estimate of drug-likeness (QED) is 0.569. The van der Waals surface area contributed by atoms with Gasteiger partial charge in [-0.2, -0.15) is 0 Å². The van der Waals surface area contributed by atoms with Gasteiger partial charge >= 0.3 is 0 Å². The van der Waals surface area contributed by atoms with Crippen LogP contribution in [0.15, 0.2) is 24.2 Å². The second-order valence-corrected chi connectivity index (χ2v) is 2.19. The predicted octanol–water partition coefficient (Wildman–Crippen LogP) is 2.48. The van der Waals surface area contributed by atoms with Gasteiger partial charge in [-0.05, 0) is 19.9 Å². The van der Waals surface area contributed by atoms with Crippen LogP contribution in [-0.2, 0) is 9.47 Å². The lowest BCUT2D eigenvalue weighted by molar-refractivity contribution is 0.224. The van der Waals surface area contributed by atoms with E-state index in [4.69, 9.17) is 9.47 Å². The number of hydrogen-bond acceptors (Lipinski definition) is 2. The molecule has 0 aromatic carbocycles. The van der Waals surface area contributed by atoms with Crippen LogP contribution < -0.4 is 0 Å². The molecule has 0 spiro atoms. The first-order chi connectivity index (χ1) is 5.20. The highest BCUT2D eigenvalue weighted by Gasteiger charge is 1.90. The molecule has 11 heavy (non-hydrogen) atoms. The highest BCUT2D eigenvalue weighted by atomic mass is 16.5. The Hall–Kier alpha value is -0.920. The summed E-state index contributed by atoms with van der Waals surface area (Å²) >= 11 is 0. The summed E-state index contributed by atoms with van der Waals surface area (Å²) < 4.78 is 10.1. The molecule has 64 valence electrons. The minimum Gasteiger partial charge on any atom is -0.502 e. The number of ether oxygens (including phenoxy) is 2. The fourth-order valence-corrected chi connectivity index (χ4v) is 0.604. The van der Waals surface area contributed by atoms with E-state index < -0.39 is 0 Å². The molecule has 0 aliphatic heterocycles. The summed E-state index contributed by atoms with van der Waals surface area (Å²) in [4.78, 5) is 0. The standard InChI is InChI=1S/C9H16O2/c1-5-11-9(3)7-6-8(2)10-4/h6H,3,5,7H2,1-2,4H3. The van der Waals surface area contributed by atoms with Crippen molar-refractivity contribution < 1.29 is 9.47 Å². The Kier molecular flexibility index (Phi) is 5.35. The lowest BCUT2D eigenvalue weighted by atomic mass is 10.3. The van der Waals surface area contributed by atoms with Gasteiger partial charge < -0.3 is 9.47 Å². The van der Waals surface area contributed by atoms with Crippen LogP contribution in [0.2, 0.25) is 0 Å². The molecule has 0 saturated heterocycles. The van der Waals surface area contributed by atoms with Gasteiger partial charge in [0.1, 0.15) is 0 Å². The van der Waals surface area contributed by atoms with Gasteiger partial charge in [-0.3, -0.25) is 0 Å². The Balaban J connectivity index is 3.60. The maximum absolute atomic E-state index is 5.14. The maximum Gasteiger partial charge on any atom is 0.0926 e. The minimum absolute atomic E-state index is 0.679. The first-order valence-corrected chi connectivity index (χ1v) is 3.72. The Labute approximate surface area is 68.5 Å². The van der Waals surface area contributed by atoms with E-state index in [0.717, 1.165) is 17.9 Å². The van der Waals surface area contributed by atoms with Crippen LogP contribution >= 0.6 is 0 Å². The smallest absolute Gasteiger partial charge is 0.0926 e. The van der Waals surface area contributed by atoms with Crippen molar-refractivity contribution in [3.05, 3.63) is 24.2 Å². The van der Waals surface area contributed by atoms with Gasteiger partial charge in [-0.15, -0.1) is 0 Å². The second-order valence-electron chi connectivity index (χ2n) is 2.19. The summed E-state index contributed by atoms with van der Waals surface area (Å²) in [5.41, 5.74) is 0. The third-order valence-electron chi connectivity index (χ3n) is 1.29. The first kappa shape index (κ1) is 10.1. The van der Waals surface area contributed by atoms with Gasteiger partial charge in [-0.1, -0.05) is 6.58 Å². The minimum atomic E-state index is 0.679. The average molecular weight is 156 g/mol. The summed E-state index contributed by atoms with van der Waals surface area (Å²) in [6.07, 6.45) is 2.67. The molecule has 0 amide bonds. The molecular weight excluding hydrogens is 140 g/mol. The number of hydrogen-bond donors (Lipinski definition) is 0. The van der Waals surface area contributed by atoms with Crippen molar-refractivity contribution in [3.63, 3.8) is 0 Å². The fourth-order valence-electron chi connectivity index (χ4n) is 0.604. The zero-order valence-electron chi connectivity index (χ0n) is 7.52. The third-order valence-corrected chi connectivity index (χ3v) is 1.29. The zero-order valence-corrected chi connectivity index (χ0v) is 7.52. The van der Waals surface area contributed by atoms with E-state index >= 15 is 0 Å². The normalized spacial score (nSPS) is 11.0. The monoisotopic (exact) mass is 156 g/mol. The maximum atomic E-state index is 5.14. The van der Waals surface area contributed by atoms with Crippen LogP contribution in [0.5, 0.6) is 0 Å². The molecule has 2 heteroatoms. The molecule has 0 heterocycles. The van der Waals surface area contributed by atoms with Gasteiger partial charge in [-0.25, -0.2) is 0 Å². The lowest BCUT2D eigenvalue weighted by Gasteiger charge is -2.03. The van der Waals surface area contributed by atoms with E-state index in [1.165, 1.54) is 0 Å². The Morgan fingerprint density at radius 1 is 1.55 bits per heavy atom. The van der Waals surface area contributed by atoms with Crippen molar-refractivity contribution in [1.82, 2.24) is 0 Å². The SMILES string of the molecule is C=C(CC=C(C)OC)OCC. The van der Waals surface area contributed by atoms with Crippen molar-refractivity contribution in [2.75, 3.05) is 13.7 Å². The highest BCUT2D eigenvalue weighted by molar-refractivity contribution is 4.98. The summed E-state index contributed by atoms with van der Waals surface area (Å²) in [6, 6.07) is 0. The summed E-state index contributed by atoms with van der Waals surface area (Å²) in [5, 5.41) is 0. The van der Waals surface area contributed by atoms with Gasteiger partial charge in [0.2, 0.25) is 0 Å². The van der Waals surface area contributed by atoms with E-state index in [9.17, 15) is 0 Å². The molecule has 0 N–H and O–H groups in total. The molecule has 0 bridgehead atoms. The Morgan fingerprint density at radius 2 is 2.18 bits per heavy atom. The molecule has 0 unspecified atom stereocenters. The molecular formula is C9H16O2. The van der Waals surface area contributed by atoms with Crippen molar-refractivity contribution in [1.29, 1.82) is 0 Å². The highest BCUT2D eigenvalue weighted by Crippen LogP contribution is 2.04. The van der Waals surface area contributed by atoms with E-state index in [0.29, 0.717) is 6.61 Å². The predicted molar refractivity (Wildman–Crippen MR) is 46.1 cm³/mol. The fraction of sp³-hybridized carbons (Fsp3) is 0.556. The van der Waals surface area contributed by atoms with E-state index in [-0.39, 0.29) is 0 Å². The number of rotatable bonds is 5. The number of allylic oxidation sites excluding steroid dienone is 2. The molecule has 0 fully saturated rings. The van der Waals surface area contributed by atoms with Crippen LogP contribution in [0.4, 0.5) is 0 Å². The average Bonchev–Trinajstić information content (AvgIpc) is 2.01. The molecule has 0 rings (SSSR count). The van der Waals surface area contributed by atoms with Crippen molar-refractivity contribution in [3.8, 4) is 0 Å². The van der Waals surface area contributed by atoms with E-state index in [1.54, 1.807) is 7.11 Å². The van der Waals surface area contributed by atoms with Gasteiger partial charge in [0.05, 0.1) is 25.2 Å². The van der Waals surface area contributed by atoms with Gasteiger partial charge in [0, 0.05) is 6.42 Å². The molecule has 0 saturated carbocycles. The largest absolute Gasteiger partial charge is 0.502 e. The van der Waals surface area contributed by atoms with Crippen molar-refractivity contribution in [2.24, 2.45) is 0 Å². The molecule has 2 nitrogen and oxygen atoms in total. The molecule has 0 radical (unpaired) electrons. The molecule has 0 atom stereocenters. The van der Waals surface area contributed by atoms with Crippen LogP contribution in [-0.4, -0.2) is 13.7 Å². The summed E-state index contributed by atoms with van der Waals surface area (Å²) in [5.74, 6) is 1.68. The van der Waals surface area contributed by atoms with Crippen LogP contribution in [0.25, 0.3) is 0 Å². The summed E-state index contributed by atoms with van der Waals surface area (Å²) in [6.45, 7) is 8.25. The van der Waals surface area contributed by atoms with Crippen LogP contribution in [0.3, 0.4) is 0 Å². The van der Waals surface area contributed by atoms with Crippen molar-refractivity contribution in [2.45, 2.75) is 20.3 Å². The summed E-state index contributed by atoms with van der Waals surface area (Å²) in [7, 11) is 1.65. The van der Waals surface area contributed by atoms with Crippen LogP contribution in [0.1, 0.15) is 20.3 Å². The van der Waals surface area contributed by atoms with Gasteiger partial charge in [0.25, 0.3) is 0 Å². The third kappa shape index (κ3) is 5.52. The number of methoxy groups -OCH3 is 1. The Morgan fingerprint density at radius 3 is 2.64 bits per heavy atom. The van der Waals surface area contributed by atoms with Crippen molar-refractivity contribution >= 4 is 0 Å². The molecule has 0 aromatic heterocycles. The topological polar surface area (TPSA) is 18.5 Å². The zero-order chi connectivity index (χ0) is 8.69. The molecule has 0 aliphatic rings. The van der Waals surface area contributed by atoms with Crippen LogP contribution in [0, 0.1) is 0 Å². The molecule has 0 aliphatic carbocycles. The Bertz CT molecular complexity index is 148. The molecule has 0 aromatic rings. The van der Waals surface area contributed by atoms with E-state index in [2.05, 4.69) is 6.58 Å². The van der Waals surface area contributed by atoms with E-state index in [1.807, 2.05) is 19.9 Å². The second kappa shape index (κ2) is 5.83. The van der Waals surface area contributed by atoms with Gasteiger partial charge in [0.15, 0.2) is 0 Å². The first-order valence-electron chi connectivity index (χ1n) is 3.72.